The van der Waals surface area contributed by atoms with Crippen LogP contribution in [0, 0.1) is 5.92 Å². The molecule has 1 fully saturated rings. The molecule has 0 bridgehead atoms. The number of carboxylic acids is 1. The Bertz CT molecular complexity index is 1010. The van der Waals surface area contributed by atoms with E-state index in [2.05, 4.69) is 17.4 Å². The highest BCUT2D eigenvalue weighted by Crippen LogP contribution is 2.44. The summed E-state index contributed by atoms with van der Waals surface area (Å²) in [6.07, 6.45) is 0.787. The van der Waals surface area contributed by atoms with Gasteiger partial charge in [0.05, 0.1) is 6.42 Å². The number of carboxylic acid groups (broad SMARTS) is 1. The van der Waals surface area contributed by atoms with E-state index in [-0.39, 0.29) is 12.5 Å². The minimum absolute atomic E-state index is 0.101. The van der Waals surface area contributed by atoms with Crippen molar-refractivity contribution in [2.75, 3.05) is 31.7 Å². The van der Waals surface area contributed by atoms with E-state index in [1.54, 1.807) is 7.05 Å². The number of nitrogens with one attached hydrogen (secondary N) is 1. The number of carbonyl (C=O) groups excluding carboxylic acids is 2. The number of amides is 2. The van der Waals surface area contributed by atoms with Gasteiger partial charge in [-0.25, -0.2) is 4.79 Å². The summed E-state index contributed by atoms with van der Waals surface area (Å²) in [5.74, 6) is 0.870. The molecular formula is C26H30N2O5S. The van der Waals surface area contributed by atoms with E-state index in [9.17, 15) is 19.5 Å². The quantitative estimate of drug-likeness (QED) is 0.591. The number of rotatable bonds is 8. The Labute approximate surface area is 203 Å². The van der Waals surface area contributed by atoms with E-state index >= 15 is 0 Å². The summed E-state index contributed by atoms with van der Waals surface area (Å²) in [5.41, 5.74) is 4.41. The maximum atomic E-state index is 13.0. The van der Waals surface area contributed by atoms with Gasteiger partial charge in [-0.15, -0.1) is 0 Å². The Morgan fingerprint density at radius 2 is 1.65 bits per heavy atom. The van der Waals surface area contributed by atoms with E-state index in [1.165, 1.54) is 4.90 Å². The Morgan fingerprint density at radius 3 is 2.24 bits per heavy atom. The fraction of sp³-hybridized carbons (Fsp3) is 0.423. The second kappa shape index (κ2) is 11.0. The van der Waals surface area contributed by atoms with Crippen molar-refractivity contribution in [3.63, 3.8) is 0 Å². The normalized spacial score (nSPS) is 16.3. The van der Waals surface area contributed by atoms with Gasteiger partial charge in [0.25, 0.3) is 0 Å². The Balaban J connectivity index is 1.38. The van der Waals surface area contributed by atoms with Crippen LogP contribution < -0.4 is 5.32 Å². The molecule has 4 rings (SSSR count). The molecule has 1 unspecified atom stereocenters. The largest absolute Gasteiger partial charge is 0.481 e. The van der Waals surface area contributed by atoms with Crippen LogP contribution in [-0.4, -0.2) is 65.7 Å². The number of fused-ring (bicyclic) bond motifs is 3. The van der Waals surface area contributed by atoms with Gasteiger partial charge in [-0.1, -0.05) is 48.5 Å². The molecule has 1 aliphatic carbocycles. The molecule has 2 aromatic carbocycles. The molecule has 1 heterocycles. The second-order valence-electron chi connectivity index (χ2n) is 8.89. The number of nitrogens with zero attached hydrogens (tertiary/aromatic N) is 1. The van der Waals surface area contributed by atoms with Gasteiger partial charge in [-0.3, -0.25) is 9.59 Å². The molecule has 0 aromatic heterocycles. The zero-order valence-electron chi connectivity index (χ0n) is 19.2. The predicted molar refractivity (Wildman–Crippen MR) is 132 cm³/mol. The monoisotopic (exact) mass is 482 g/mol. The number of aliphatic carboxylic acids is 1. The topological polar surface area (TPSA) is 95.9 Å². The summed E-state index contributed by atoms with van der Waals surface area (Å²) in [7, 11) is 1.67. The maximum Gasteiger partial charge on any atom is 0.407 e. The van der Waals surface area contributed by atoms with Gasteiger partial charge in [0.1, 0.15) is 12.6 Å². The third kappa shape index (κ3) is 5.55. The highest BCUT2D eigenvalue weighted by atomic mass is 32.2. The molecule has 7 nitrogen and oxygen atoms in total. The van der Waals surface area contributed by atoms with E-state index in [0.29, 0.717) is 12.5 Å². The average Bonchev–Trinajstić information content (AvgIpc) is 3.16. The molecule has 1 atom stereocenters. The second-order valence-corrected chi connectivity index (χ2v) is 10.1. The van der Waals surface area contributed by atoms with Gasteiger partial charge >= 0.3 is 12.1 Å². The lowest BCUT2D eigenvalue weighted by Crippen LogP contribution is -2.49. The standard InChI is InChI=1S/C26H30N2O5S/c1-28(15-17-10-12-34-13-11-17)25(31)23(14-24(29)30)27-26(32)33-16-22-20-8-4-2-6-18(20)19-7-3-5-9-21(19)22/h2-9,17,22-23H,10-16H2,1H3,(H,27,32)(H,29,30). The highest BCUT2D eigenvalue weighted by molar-refractivity contribution is 7.99. The van der Waals surface area contributed by atoms with E-state index < -0.39 is 30.4 Å². The molecular weight excluding hydrogens is 452 g/mol. The molecule has 34 heavy (non-hydrogen) atoms. The third-order valence-electron chi connectivity index (χ3n) is 6.56. The van der Waals surface area contributed by atoms with Crippen molar-refractivity contribution in [3.05, 3.63) is 59.7 Å². The highest BCUT2D eigenvalue weighted by Gasteiger charge is 2.31. The third-order valence-corrected chi connectivity index (χ3v) is 7.61. The van der Waals surface area contributed by atoms with E-state index in [4.69, 9.17) is 4.74 Å². The van der Waals surface area contributed by atoms with Gasteiger partial charge in [0.2, 0.25) is 5.91 Å². The minimum atomic E-state index is -1.17. The smallest absolute Gasteiger partial charge is 0.407 e. The molecule has 2 aliphatic rings. The Morgan fingerprint density at radius 1 is 1.06 bits per heavy atom. The lowest BCUT2D eigenvalue weighted by Gasteiger charge is -2.29. The van der Waals surface area contributed by atoms with Gasteiger partial charge in [0.15, 0.2) is 0 Å². The molecule has 2 amide bonds. The van der Waals surface area contributed by atoms with Crippen molar-refractivity contribution in [1.29, 1.82) is 0 Å². The summed E-state index contributed by atoms with van der Waals surface area (Å²) in [6.45, 7) is 0.658. The summed E-state index contributed by atoms with van der Waals surface area (Å²) in [5, 5.41) is 11.8. The predicted octanol–water partition coefficient (Wildman–Crippen LogP) is 3.97. The molecule has 180 valence electrons. The maximum absolute atomic E-state index is 13.0. The van der Waals surface area contributed by atoms with Crippen LogP contribution in [0.5, 0.6) is 0 Å². The summed E-state index contributed by atoms with van der Waals surface area (Å²) in [4.78, 5) is 38.5. The Kier molecular flexibility index (Phi) is 7.77. The molecule has 1 saturated heterocycles. The molecule has 8 heteroatoms. The van der Waals surface area contributed by atoms with Crippen molar-refractivity contribution >= 4 is 29.7 Å². The van der Waals surface area contributed by atoms with Gasteiger partial charge < -0.3 is 20.1 Å². The van der Waals surface area contributed by atoms with Crippen LogP contribution >= 0.6 is 11.8 Å². The fourth-order valence-corrected chi connectivity index (χ4v) is 6.03. The SMILES string of the molecule is CN(CC1CCSCC1)C(=O)C(CC(=O)O)NC(=O)OCC1c2ccccc2-c2ccccc21. The van der Waals surface area contributed by atoms with Crippen LogP contribution in [0.2, 0.25) is 0 Å². The number of ether oxygens (including phenoxy) is 1. The first-order chi connectivity index (χ1) is 16.4. The lowest BCUT2D eigenvalue weighted by molar-refractivity contribution is -0.142. The number of thioether (sulfide) groups is 1. The number of hydrogen-bond acceptors (Lipinski definition) is 5. The van der Waals surface area contributed by atoms with Crippen molar-refractivity contribution in [3.8, 4) is 11.1 Å². The number of hydrogen-bond donors (Lipinski definition) is 2. The molecule has 2 N–H and O–H groups in total. The first-order valence-corrected chi connectivity index (χ1v) is 12.8. The fourth-order valence-electron chi connectivity index (χ4n) is 4.83. The molecule has 0 radical (unpaired) electrons. The zero-order valence-corrected chi connectivity index (χ0v) is 20.1. The van der Waals surface area contributed by atoms with Crippen molar-refractivity contribution < 1.29 is 24.2 Å². The van der Waals surface area contributed by atoms with Crippen LogP contribution in [0.3, 0.4) is 0 Å². The van der Waals surface area contributed by atoms with Gasteiger partial charge in [-0.2, -0.15) is 11.8 Å². The molecule has 1 aliphatic heterocycles. The lowest BCUT2D eigenvalue weighted by atomic mass is 9.98. The van der Waals surface area contributed by atoms with Crippen molar-refractivity contribution in [1.82, 2.24) is 10.2 Å². The van der Waals surface area contributed by atoms with Gasteiger partial charge in [0, 0.05) is 19.5 Å². The summed E-state index contributed by atoms with van der Waals surface area (Å²) in [6, 6.07) is 14.9. The summed E-state index contributed by atoms with van der Waals surface area (Å²) < 4.78 is 5.52. The molecule has 2 aromatic rings. The first kappa shape index (κ1) is 24.1. The van der Waals surface area contributed by atoms with Crippen molar-refractivity contribution in [2.24, 2.45) is 5.92 Å². The number of alkyl carbamates (subject to hydrolysis) is 1. The molecule has 0 saturated carbocycles. The Hall–Kier alpha value is -3.00. The number of likely N-dealkylation sites (N-methyl/N-ethyl adjacent to an activating group) is 1. The number of benzene rings is 2. The van der Waals surface area contributed by atoms with Crippen LogP contribution in [0.4, 0.5) is 4.79 Å². The summed E-state index contributed by atoms with van der Waals surface area (Å²) >= 11 is 1.91. The van der Waals surface area contributed by atoms with Crippen molar-refractivity contribution in [2.45, 2.75) is 31.2 Å². The van der Waals surface area contributed by atoms with E-state index in [1.807, 2.05) is 48.2 Å². The van der Waals surface area contributed by atoms with Crippen LogP contribution in [0.15, 0.2) is 48.5 Å². The first-order valence-electron chi connectivity index (χ1n) is 11.6. The zero-order chi connectivity index (χ0) is 24.1. The van der Waals surface area contributed by atoms with E-state index in [0.717, 1.165) is 46.6 Å². The van der Waals surface area contributed by atoms with Gasteiger partial charge in [-0.05, 0) is 52.5 Å². The van der Waals surface area contributed by atoms with Crippen LogP contribution in [0.1, 0.15) is 36.3 Å². The number of carbonyl (C=O) groups is 3. The van der Waals surface area contributed by atoms with Crippen LogP contribution in [-0.2, 0) is 14.3 Å². The van der Waals surface area contributed by atoms with Crippen LogP contribution in [0.25, 0.3) is 11.1 Å². The minimum Gasteiger partial charge on any atom is -0.481 e. The average molecular weight is 483 g/mol. The molecule has 0 spiro atoms.